The molecule has 0 bridgehead atoms. The van der Waals surface area contributed by atoms with Crippen LogP contribution in [0.25, 0.3) is 10.9 Å². The van der Waals surface area contributed by atoms with Crippen LogP contribution in [0.3, 0.4) is 0 Å². The number of ether oxygens (including phenoxy) is 1. The number of nitrogens with one attached hydrogen (secondary N) is 1. The van der Waals surface area contributed by atoms with Gasteiger partial charge in [0.05, 0.1) is 21.0 Å². The minimum absolute atomic E-state index is 0.0748. The highest BCUT2D eigenvalue weighted by molar-refractivity contribution is 7.92. The molecule has 0 aliphatic rings. The van der Waals surface area contributed by atoms with Crippen LogP contribution in [0.4, 0.5) is 10.1 Å². The lowest BCUT2D eigenvalue weighted by molar-refractivity contribution is 0.0336. The van der Waals surface area contributed by atoms with Crippen molar-refractivity contribution in [2.24, 2.45) is 0 Å². The minimum atomic E-state index is -4.28. The van der Waals surface area contributed by atoms with Gasteiger partial charge in [-0.15, -0.1) is 5.10 Å². The van der Waals surface area contributed by atoms with Crippen LogP contribution >= 0.6 is 23.2 Å². The van der Waals surface area contributed by atoms with Crippen molar-refractivity contribution in [1.29, 1.82) is 0 Å². The van der Waals surface area contributed by atoms with Gasteiger partial charge in [-0.1, -0.05) is 40.5 Å². The number of halogens is 3. The van der Waals surface area contributed by atoms with E-state index in [0.29, 0.717) is 5.52 Å². The van der Waals surface area contributed by atoms with Gasteiger partial charge in [-0.3, -0.25) is 9.52 Å². The zero-order chi connectivity index (χ0) is 24.5. The molecule has 13 heteroatoms. The van der Waals surface area contributed by atoms with Crippen molar-refractivity contribution < 1.29 is 22.3 Å². The number of sulfonamides is 1. The van der Waals surface area contributed by atoms with Crippen LogP contribution in [0, 0.1) is 5.82 Å². The van der Waals surface area contributed by atoms with Gasteiger partial charge in [0.1, 0.15) is 16.2 Å². The van der Waals surface area contributed by atoms with Crippen LogP contribution in [0.1, 0.15) is 10.4 Å². The molecule has 0 radical (unpaired) electrons. The number of aromatic nitrogens is 3. The molecule has 9 nitrogen and oxygen atoms in total. The van der Waals surface area contributed by atoms with Crippen LogP contribution < -0.4 is 10.3 Å². The van der Waals surface area contributed by atoms with E-state index in [-0.39, 0.29) is 26.7 Å². The average molecular weight is 523 g/mol. The number of carbonyl (C=O) groups excluding carboxylic acids is 1. The molecule has 1 heterocycles. The van der Waals surface area contributed by atoms with Gasteiger partial charge >= 0.3 is 5.97 Å². The van der Waals surface area contributed by atoms with E-state index in [2.05, 4.69) is 15.0 Å². The van der Waals surface area contributed by atoms with Crippen molar-refractivity contribution >= 4 is 55.8 Å². The number of hydrogen-bond donors (Lipinski definition) is 1. The molecule has 0 spiro atoms. The first kappa shape index (κ1) is 23.6. The maximum Gasteiger partial charge on any atom is 0.341 e. The van der Waals surface area contributed by atoms with Crippen LogP contribution in [0.5, 0.6) is 0 Å². The van der Waals surface area contributed by atoms with Crippen molar-refractivity contribution in [2.45, 2.75) is 11.6 Å². The molecule has 1 N–H and O–H groups in total. The first-order valence-electron chi connectivity index (χ1n) is 9.43. The number of nitrogens with zero attached hydrogens (tertiary/aromatic N) is 3. The lowest BCUT2D eigenvalue weighted by Gasteiger charge is -2.12. The molecule has 0 fully saturated rings. The Morgan fingerprint density at radius 3 is 2.50 bits per heavy atom. The van der Waals surface area contributed by atoms with Gasteiger partial charge in [-0.25, -0.2) is 17.6 Å². The summed E-state index contributed by atoms with van der Waals surface area (Å²) in [5, 5.41) is 7.44. The summed E-state index contributed by atoms with van der Waals surface area (Å²) in [5.74, 6) is -1.57. The number of fused-ring (bicyclic) bond motifs is 1. The molecule has 174 valence electrons. The molecule has 0 saturated heterocycles. The number of anilines is 1. The van der Waals surface area contributed by atoms with Gasteiger partial charge in [0.25, 0.3) is 15.6 Å². The summed E-state index contributed by atoms with van der Waals surface area (Å²) >= 11 is 12.1. The highest BCUT2D eigenvalue weighted by atomic mass is 35.5. The zero-order valence-corrected chi connectivity index (χ0v) is 19.2. The molecule has 1 aromatic heterocycles. The Morgan fingerprint density at radius 2 is 1.76 bits per heavy atom. The molecule has 4 aromatic rings. The average Bonchev–Trinajstić information content (AvgIpc) is 2.80. The Bertz CT molecular complexity index is 1580. The molecule has 0 atom stereocenters. The van der Waals surface area contributed by atoms with Crippen LogP contribution in [-0.2, 0) is 21.5 Å². The van der Waals surface area contributed by atoms with Crippen molar-refractivity contribution in [3.05, 3.63) is 92.4 Å². The highest BCUT2D eigenvalue weighted by Crippen LogP contribution is 2.30. The van der Waals surface area contributed by atoms with Gasteiger partial charge in [0.2, 0.25) is 0 Å². The quantitative estimate of drug-likeness (QED) is 0.381. The van der Waals surface area contributed by atoms with E-state index in [1.165, 1.54) is 12.1 Å². The van der Waals surface area contributed by atoms with Gasteiger partial charge < -0.3 is 4.74 Å². The fourth-order valence-corrected chi connectivity index (χ4v) is 4.84. The standard InChI is InChI=1S/C21H13Cl2FN4O5S/c22-16-10-17(23)19(34(31,32)26-13-7-5-12(24)6-8-13)9-15(16)21(30)33-11-28-20(29)14-3-1-2-4-18(14)25-27-28/h1-10,26H,11H2. The Labute approximate surface area is 201 Å². The summed E-state index contributed by atoms with van der Waals surface area (Å²) in [6.45, 7) is -0.593. The number of rotatable bonds is 6. The number of carbonyl (C=O) groups is 1. The number of benzene rings is 3. The lowest BCUT2D eigenvalue weighted by atomic mass is 10.2. The third kappa shape index (κ3) is 4.86. The first-order chi connectivity index (χ1) is 16.2. The fourth-order valence-electron chi connectivity index (χ4n) is 2.93. The maximum absolute atomic E-state index is 13.1. The largest absolute Gasteiger partial charge is 0.438 e. The van der Waals surface area contributed by atoms with Gasteiger partial charge in [0, 0.05) is 5.69 Å². The van der Waals surface area contributed by atoms with E-state index in [1.54, 1.807) is 24.3 Å². The molecule has 0 aliphatic carbocycles. The third-order valence-electron chi connectivity index (χ3n) is 4.57. The Balaban J connectivity index is 1.59. The van der Waals surface area contributed by atoms with Crippen molar-refractivity contribution in [2.75, 3.05) is 4.72 Å². The lowest BCUT2D eigenvalue weighted by Crippen LogP contribution is -2.26. The molecule has 0 saturated carbocycles. The highest BCUT2D eigenvalue weighted by Gasteiger charge is 2.24. The van der Waals surface area contributed by atoms with Crippen molar-refractivity contribution in [3.63, 3.8) is 0 Å². The number of hydrogen-bond acceptors (Lipinski definition) is 7. The summed E-state index contributed by atoms with van der Waals surface area (Å²) in [4.78, 5) is 24.7. The van der Waals surface area contributed by atoms with Crippen LogP contribution in [0.2, 0.25) is 10.0 Å². The monoisotopic (exact) mass is 522 g/mol. The summed E-state index contributed by atoms with van der Waals surface area (Å²) in [6.07, 6.45) is 0. The zero-order valence-electron chi connectivity index (χ0n) is 16.9. The topological polar surface area (TPSA) is 120 Å². The molecule has 0 unspecified atom stereocenters. The predicted molar refractivity (Wildman–Crippen MR) is 123 cm³/mol. The molecule has 0 amide bonds. The summed E-state index contributed by atoms with van der Waals surface area (Å²) in [7, 11) is -4.28. The minimum Gasteiger partial charge on any atom is -0.438 e. The van der Waals surface area contributed by atoms with Crippen LogP contribution in [0.15, 0.2) is 70.4 Å². The SMILES string of the molecule is O=C(OCn1nnc2ccccc2c1=O)c1cc(S(=O)(=O)Nc2ccc(F)cc2)c(Cl)cc1Cl. The van der Waals surface area contributed by atoms with Crippen molar-refractivity contribution in [3.8, 4) is 0 Å². The van der Waals surface area contributed by atoms with E-state index >= 15 is 0 Å². The smallest absolute Gasteiger partial charge is 0.341 e. The summed E-state index contributed by atoms with van der Waals surface area (Å²) in [5.41, 5.74) is -0.398. The summed E-state index contributed by atoms with van der Waals surface area (Å²) < 4.78 is 46.8. The first-order valence-corrected chi connectivity index (χ1v) is 11.7. The van der Waals surface area contributed by atoms with Crippen molar-refractivity contribution in [1.82, 2.24) is 15.0 Å². The van der Waals surface area contributed by atoms with Gasteiger partial charge in [-0.2, -0.15) is 4.68 Å². The van der Waals surface area contributed by atoms with E-state index < -0.39 is 39.0 Å². The van der Waals surface area contributed by atoms with Gasteiger partial charge in [-0.05, 0) is 48.5 Å². The predicted octanol–water partition coefficient (Wildman–Crippen LogP) is 3.85. The maximum atomic E-state index is 13.1. The molecule has 0 aliphatic heterocycles. The Hall–Kier alpha value is -3.54. The Kier molecular flexibility index (Phi) is 6.51. The molecular formula is C21H13Cl2FN4O5S. The second kappa shape index (κ2) is 9.37. The van der Waals surface area contributed by atoms with E-state index in [4.69, 9.17) is 27.9 Å². The number of esters is 1. The Morgan fingerprint density at radius 1 is 1.06 bits per heavy atom. The molecule has 3 aromatic carbocycles. The van der Waals surface area contributed by atoms with Crippen LogP contribution in [-0.4, -0.2) is 29.4 Å². The van der Waals surface area contributed by atoms with Gasteiger partial charge in [0.15, 0.2) is 6.73 Å². The summed E-state index contributed by atoms with van der Waals surface area (Å²) in [6, 6.07) is 13.1. The van der Waals surface area contributed by atoms with E-state index in [1.807, 2.05) is 0 Å². The van der Waals surface area contributed by atoms with E-state index in [9.17, 15) is 22.4 Å². The molecule has 34 heavy (non-hydrogen) atoms. The molecule has 4 rings (SSSR count). The molecular weight excluding hydrogens is 510 g/mol. The van der Waals surface area contributed by atoms with E-state index in [0.717, 1.165) is 28.9 Å². The second-order valence-corrected chi connectivity index (χ2v) is 9.31. The second-order valence-electron chi connectivity index (χ2n) is 6.85. The third-order valence-corrected chi connectivity index (χ3v) is 6.73. The fraction of sp³-hybridized carbons (Fsp3) is 0.0476. The normalized spacial score (nSPS) is 11.4.